The van der Waals surface area contributed by atoms with Crippen LogP contribution >= 0.6 is 23.6 Å². The molecule has 0 fully saturated rings. The van der Waals surface area contributed by atoms with E-state index in [0.717, 1.165) is 21.5 Å². The summed E-state index contributed by atoms with van der Waals surface area (Å²) in [6, 6.07) is 22.5. The molecule has 0 atom stereocenters. The molecule has 0 aliphatic heterocycles. The van der Waals surface area contributed by atoms with Crippen molar-refractivity contribution in [3.63, 3.8) is 0 Å². The molecule has 0 bridgehead atoms. The predicted molar refractivity (Wildman–Crippen MR) is 132 cm³/mol. The maximum Gasteiger partial charge on any atom is 0.257 e. The van der Waals surface area contributed by atoms with Gasteiger partial charge in [-0.3, -0.25) is 10.1 Å². The average molecular weight is 464 g/mol. The summed E-state index contributed by atoms with van der Waals surface area (Å²) >= 11 is 6.73. The number of fused-ring (bicyclic) bond motifs is 1. The van der Waals surface area contributed by atoms with E-state index in [1.807, 2.05) is 61.5 Å². The number of benzene rings is 3. The number of hydrogen-bond donors (Lipinski definition) is 2. The van der Waals surface area contributed by atoms with Crippen molar-refractivity contribution >= 4 is 49.9 Å². The molecule has 0 radical (unpaired) electrons. The van der Waals surface area contributed by atoms with Crippen LogP contribution in [0.1, 0.15) is 22.8 Å². The summed E-state index contributed by atoms with van der Waals surface area (Å²) in [5.74, 6) is 1.07. The fraction of sp³-hybridized carbons (Fsp3) is 0.125. The normalized spacial score (nSPS) is 10.5. The third-order valence-corrected chi connectivity index (χ3v) is 5.60. The average Bonchev–Trinajstić information content (AvgIpc) is 3.20. The van der Waals surface area contributed by atoms with E-state index >= 15 is 0 Å². The van der Waals surface area contributed by atoms with Crippen molar-refractivity contribution in [3.8, 4) is 11.5 Å². The van der Waals surface area contributed by atoms with Gasteiger partial charge in [0.25, 0.3) is 5.91 Å². The molecule has 32 heavy (non-hydrogen) atoms. The Morgan fingerprint density at radius 3 is 2.62 bits per heavy atom. The number of carbonyl (C=O) groups excluding carboxylic acids is 1. The lowest BCUT2D eigenvalue weighted by molar-refractivity contribution is 0.0977. The van der Waals surface area contributed by atoms with Crippen molar-refractivity contribution in [2.75, 3.05) is 11.9 Å². The molecule has 0 aliphatic carbocycles. The molecule has 1 heterocycles. The van der Waals surface area contributed by atoms with E-state index in [2.05, 4.69) is 15.6 Å². The van der Waals surface area contributed by atoms with Crippen molar-refractivity contribution in [1.82, 2.24) is 10.3 Å². The highest BCUT2D eigenvalue weighted by Gasteiger charge is 2.11. The molecule has 3 aromatic carbocycles. The number of hydrogen-bond acceptors (Lipinski definition) is 6. The number of aromatic nitrogens is 1. The number of thiocarbonyl (C=S) groups is 1. The van der Waals surface area contributed by atoms with E-state index in [-0.39, 0.29) is 11.0 Å². The number of nitrogens with zero attached hydrogens (tertiary/aromatic N) is 1. The van der Waals surface area contributed by atoms with Gasteiger partial charge in [-0.2, -0.15) is 0 Å². The van der Waals surface area contributed by atoms with Crippen LogP contribution in [0, 0.1) is 0 Å². The zero-order valence-corrected chi connectivity index (χ0v) is 19.0. The third-order valence-electron chi connectivity index (χ3n) is 4.46. The first-order valence-corrected chi connectivity index (χ1v) is 11.3. The van der Waals surface area contributed by atoms with Gasteiger partial charge in [-0.1, -0.05) is 47.7 Å². The van der Waals surface area contributed by atoms with Gasteiger partial charge in [0, 0.05) is 5.56 Å². The van der Waals surface area contributed by atoms with Crippen LogP contribution < -0.4 is 20.1 Å². The van der Waals surface area contributed by atoms with E-state index < -0.39 is 0 Å². The fourth-order valence-electron chi connectivity index (χ4n) is 2.99. The molecule has 0 saturated heterocycles. The zero-order chi connectivity index (χ0) is 22.3. The summed E-state index contributed by atoms with van der Waals surface area (Å²) in [7, 11) is 0. The van der Waals surface area contributed by atoms with Gasteiger partial charge in [-0.15, -0.1) is 0 Å². The summed E-state index contributed by atoms with van der Waals surface area (Å²) in [4.78, 5) is 17.1. The molecule has 162 valence electrons. The van der Waals surface area contributed by atoms with Gasteiger partial charge >= 0.3 is 0 Å². The van der Waals surface area contributed by atoms with E-state index in [4.69, 9.17) is 21.7 Å². The Morgan fingerprint density at radius 1 is 1.00 bits per heavy atom. The van der Waals surface area contributed by atoms with E-state index in [1.54, 1.807) is 18.2 Å². The Balaban J connectivity index is 1.36. The van der Waals surface area contributed by atoms with E-state index in [9.17, 15) is 4.79 Å². The highest BCUT2D eigenvalue weighted by atomic mass is 32.1. The molecule has 0 saturated carbocycles. The highest BCUT2D eigenvalue weighted by molar-refractivity contribution is 7.80. The zero-order valence-electron chi connectivity index (χ0n) is 17.3. The number of ether oxygens (including phenoxy) is 2. The summed E-state index contributed by atoms with van der Waals surface area (Å²) in [6.07, 6.45) is 0. The number of amides is 1. The second-order valence-corrected chi connectivity index (χ2v) is 8.23. The SMILES string of the molecule is CCOc1ccc2nc(NC(=S)NC(=O)c3cccc(OCc4ccccc4)c3)sc2c1. The molecule has 1 amide bonds. The second-order valence-electron chi connectivity index (χ2n) is 6.79. The molecular weight excluding hydrogens is 442 g/mol. The van der Waals surface area contributed by atoms with Crippen LogP contribution in [0.15, 0.2) is 72.8 Å². The topological polar surface area (TPSA) is 72.5 Å². The largest absolute Gasteiger partial charge is 0.494 e. The lowest BCUT2D eigenvalue weighted by atomic mass is 10.2. The maximum atomic E-state index is 12.6. The van der Waals surface area contributed by atoms with Crippen LogP contribution in [0.3, 0.4) is 0 Å². The lowest BCUT2D eigenvalue weighted by Crippen LogP contribution is -2.34. The van der Waals surface area contributed by atoms with Crippen molar-refractivity contribution in [2.24, 2.45) is 0 Å². The summed E-state index contributed by atoms with van der Waals surface area (Å²) in [5.41, 5.74) is 2.33. The minimum Gasteiger partial charge on any atom is -0.494 e. The Bertz CT molecular complexity index is 1240. The Kier molecular flexibility index (Phi) is 6.94. The van der Waals surface area contributed by atoms with E-state index in [0.29, 0.717) is 29.7 Å². The Labute approximate surface area is 195 Å². The van der Waals surface area contributed by atoms with Crippen LogP contribution in [0.25, 0.3) is 10.2 Å². The van der Waals surface area contributed by atoms with Gasteiger partial charge in [-0.05, 0) is 61.1 Å². The molecule has 4 rings (SSSR count). The first kappa shape index (κ1) is 21.7. The fourth-order valence-corrected chi connectivity index (χ4v) is 4.14. The van der Waals surface area contributed by atoms with Crippen molar-refractivity contribution < 1.29 is 14.3 Å². The minimum atomic E-state index is -0.326. The van der Waals surface area contributed by atoms with Gasteiger partial charge in [0.2, 0.25) is 0 Å². The smallest absolute Gasteiger partial charge is 0.257 e. The molecule has 0 unspecified atom stereocenters. The summed E-state index contributed by atoms with van der Waals surface area (Å²) in [5, 5.41) is 6.44. The number of nitrogens with one attached hydrogen (secondary N) is 2. The van der Waals surface area contributed by atoms with Crippen LogP contribution in [0.4, 0.5) is 5.13 Å². The standard InChI is InChI=1S/C24H21N3O3S2/c1-2-29-19-11-12-20-21(14-19)32-24(25-20)27-23(31)26-22(28)17-9-6-10-18(13-17)30-15-16-7-4-3-5-8-16/h3-14H,2,15H2,1H3,(H2,25,26,27,28,31). The van der Waals surface area contributed by atoms with Gasteiger partial charge in [-0.25, -0.2) is 4.98 Å². The summed E-state index contributed by atoms with van der Waals surface area (Å²) in [6.45, 7) is 2.97. The van der Waals surface area contributed by atoms with Crippen LogP contribution in [0.2, 0.25) is 0 Å². The molecule has 0 aliphatic rings. The van der Waals surface area contributed by atoms with Crippen LogP contribution in [-0.4, -0.2) is 22.6 Å². The number of rotatable bonds is 7. The van der Waals surface area contributed by atoms with Crippen molar-refractivity contribution in [1.29, 1.82) is 0 Å². The second kappa shape index (κ2) is 10.2. The van der Waals surface area contributed by atoms with E-state index in [1.165, 1.54) is 11.3 Å². The molecule has 1 aromatic heterocycles. The molecule has 4 aromatic rings. The number of anilines is 1. The first-order valence-electron chi connectivity index (χ1n) is 10.0. The Morgan fingerprint density at radius 2 is 1.81 bits per heavy atom. The quantitative estimate of drug-likeness (QED) is 0.358. The van der Waals surface area contributed by atoms with Gasteiger partial charge in [0.15, 0.2) is 10.2 Å². The third kappa shape index (κ3) is 5.60. The van der Waals surface area contributed by atoms with Crippen molar-refractivity contribution in [3.05, 3.63) is 83.9 Å². The van der Waals surface area contributed by atoms with Gasteiger partial charge in [0.05, 0.1) is 16.8 Å². The molecule has 6 nitrogen and oxygen atoms in total. The van der Waals surface area contributed by atoms with Gasteiger partial charge in [0.1, 0.15) is 18.1 Å². The summed E-state index contributed by atoms with van der Waals surface area (Å²) < 4.78 is 12.3. The minimum absolute atomic E-state index is 0.176. The van der Waals surface area contributed by atoms with Gasteiger partial charge < -0.3 is 14.8 Å². The van der Waals surface area contributed by atoms with Crippen LogP contribution in [0.5, 0.6) is 11.5 Å². The first-order chi connectivity index (χ1) is 15.6. The highest BCUT2D eigenvalue weighted by Crippen LogP contribution is 2.29. The molecule has 8 heteroatoms. The number of carbonyl (C=O) groups is 1. The lowest BCUT2D eigenvalue weighted by Gasteiger charge is -2.09. The van der Waals surface area contributed by atoms with Crippen molar-refractivity contribution in [2.45, 2.75) is 13.5 Å². The predicted octanol–water partition coefficient (Wildman–Crippen LogP) is 5.40. The monoisotopic (exact) mass is 463 g/mol. The van der Waals surface area contributed by atoms with Crippen LogP contribution in [-0.2, 0) is 6.61 Å². The number of thiazole rings is 1. The maximum absolute atomic E-state index is 12.6. The molecule has 2 N–H and O–H groups in total. The Hall–Kier alpha value is -3.49. The molecular formula is C24H21N3O3S2. The molecule has 0 spiro atoms.